The minimum atomic E-state index is -0.300. The summed E-state index contributed by atoms with van der Waals surface area (Å²) in [6.07, 6.45) is 9.59. The van der Waals surface area contributed by atoms with Gasteiger partial charge >= 0.3 is 0 Å². The van der Waals surface area contributed by atoms with Gasteiger partial charge in [-0.15, -0.1) is 0 Å². The van der Waals surface area contributed by atoms with Crippen LogP contribution in [0, 0.1) is 5.92 Å². The molecule has 1 fully saturated rings. The maximum atomic E-state index is 10.2. The number of rotatable bonds is 0. The second kappa shape index (κ2) is 3.12. The zero-order valence-electron chi connectivity index (χ0n) is 9.98. The number of fused-ring (bicyclic) bond motifs is 2. The van der Waals surface area contributed by atoms with Crippen LogP contribution in [0.15, 0.2) is 35.5 Å². The Morgan fingerprint density at radius 3 is 3.18 bits per heavy atom. The van der Waals surface area contributed by atoms with Crippen molar-refractivity contribution in [1.29, 1.82) is 0 Å². The van der Waals surface area contributed by atoms with Gasteiger partial charge in [0.05, 0.1) is 11.7 Å². The molecule has 0 unspecified atom stereocenters. The molecule has 0 saturated heterocycles. The molecule has 2 heteroatoms. The molecule has 2 aliphatic heterocycles. The molecule has 0 aromatic carbocycles. The highest BCUT2D eigenvalue weighted by Gasteiger charge is 2.51. The van der Waals surface area contributed by atoms with Gasteiger partial charge in [0.25, 0.3) is 0 Å². The van der Waals surface area contributed by atoms with Gasteiger partial charge in [0.15, 0.2) is 0 Å². The minimum absolute atomic E-state index is 0.0188. The first-order chi connectivity index (χ1) is 8.20. The van der Waals surface area contributed by atoms with Gasteiger partial charge in [0.2, 0.25) is 0 Å². The molecule has 4 rings (SSSR count). The molecular formula is C15H18O2. The maximum absolute atomic E-state index is 10.2. The first-order valence-corrected chi connectivity index (χ1v) is 6.66. The number of aliphatic hydroxyl groups excluding tert-OH is 1. The number of hydrogen-bond acceptors (Lipinski definition) is 2. The maximum Gasteiger partial charge on any atom is 0.102 e. The van der Waals surface area contributed by atoms with E-state index in [0.717, 1.165) is 18.4 Å². The molecule has 1 N–H and O–H groups in total. The highest BCUT2D eigenvalue weighted by Crippen LogP contribution is 2.53. The molecule has 4 aliphatic rings. The van der Waals surface area contributed by atoms with Crippen LogP contribution >= 0.6 is 0 Å². The fourth-order valence-electron chi connectivity index (χ4n) is 4.21. The Morgan fingerprint density at radius 2 is 2.29 bits per heavy atom. The Balaban J connectivity index is 1.84. The molecule has 2 heterocycles. The lowest BCUT2D eigenvalue weighted by molar-refractivity contribution is -0.0292. The van der Waals surface area contributed by atoms with Crippen LogP contribution < -0.4 is 0 Å². The van der Waals surface area contributed by atoms with Crippen molar-refractivity contribution in [3.8, 4) is 0 Å². The van der Waals surface area contributed by atoms with Crippen LogP contribution in [0.25, 0.3) is 0 Å². The summed E-state index contributed by atoms with van der Waals surface area (Å²) in [5, 5.41) is 10.2. The van der Waals surface area contributed by atoms with Crippen molar-refractivity contribution >= 4 is 0 Å². The van der Waals surface area contributed by atoms with Crippen LogP contribution in [-0.2, 0) is 4.74 Å². The molecule has 90 valence electrons. The van der Waals surface area contributed by atoms with E-state index in [0.29, 0.717) is 12.3 Å². The third kappa shape index (κ3) is 1.18. The van der Waals surface area contributed by atoms with Gasteiger partial charge in [-0.25, -0.2) is 0 Å². The van der Waals surface area contributed by atoms with Gasteiger partial charge in [-0.2, -0.15) is 0 Å². The van der Waals surface area contributed by atoms with Gasteiger partial charge in [0, 0.05) is 6.42 Å². The van der Waals surface area contributed by atoms with Gasteiger partial charge in [-0.3, -0.25) is 0 Å². The van der Waals surface area contributed by atoms with Crippen molar-refractivity contribution in [3.63, 3.8) is 0 Å². The second-order valence-electron chi connectivity index (χ2n) is 5.91. The number of aliphatic hydroxyl groups is 1. The molecule has 0 amide bonds. The number of ether oxygens (including phenoxy) is 1. The Labute approximate surface area is 102 Å². The summed E-state index contributed by atoms with van der Waals surface area (Å²) in [6, 6.07) is 0. The van der Waals surface area contributed by atoms with Crippen LogP contribution in [0.5, 0.6) is 0 Å². The molecule has 17 heavy (non-hydrogen) atoms. The second-order valence-corrected chi connectivity index (χ2v) is 5.91. The van der Waals surface area contributed by atoms with Gasteiger partial charge < -0.3 is 9.84 Å². The zero-order valence-corrected chi connectivity index (χ0v) is 9.98. The average molecular weight is 230 g/mol. The molecule has 2 nitrogen and oxygen atoms in total. The minimum Gasteiger partial charge on any atom is -0.388 e. The third-order valence-corrected chi connectivity index (χ3v) is 5.03. The monoisotopic (exact) mass is 230 g/mol. The summed E-state index contributed by atoms with van der Waals surface area (Å²) in [5.41, 5.74) is 3.49. The van der Waals surface area contributed by atoms with E-state index in [1.54, 1.807) is 0 Å². The van der Waals surface area contributed by atoms with Crippen LogP contribution in [-0.4, -0.2) is 22.9 Å². The standard InChI is InChI=1S/C15H18O2/c1-9-7-12(16)11-8-10-3-2-5-15(10)6-4-13(17-15)14(9)11/h4,6,10,12-13,16H,1-3,5,7-8H2/t10-,12-,13+,15-/m0/s1. The summed E-state index contributed by atoms with van der Waals surface area (Å²) in [4.78, 5) is 0. The van der Waals surface area contributed by atoms with Crippen molar-refractivity contribution in [2.75, 3.05) is 0 Å². The van der Waals surface area contributed by atoms with Crippen molar-refractivity contribution in [3.05, 3.63) is 35.5 Å². The van der Waals surface area contributed by atoms with Crippen LogP contribution in [0.1, 0.15) is 32.1 Å². The van der Waals surface area contributed by atoms with Gasteiger partial charge in [-0.1, -0.05) is 18.7 Å². The predicted molar refractivity (Wildman–Crippen MR) is 65.5 cm³/mol. The molecule has 0 radical (unpaired) electrons. The van der Waals surface area contributed by atoms with Crippen molar-refractivity contribution < 1.29 is 9.84 Å². The molecule has 0 aromatic rings. The quantitative estimate of drug-likeness (QED) is 0.648. The van der Waals surface area contributed by atoms with E-state index < -0.39 is 0 Å². The van der Waals surface area contributed by atoms with E-state index in [1.165, 1.54) is 24.0 Å². The van der Waals surface area contributed by atoms with Crippen molar-refractivity contribution in [2.24, 2.45) is 5.92 Å². The van der Waals surface area contributed by atoms with Crippen molar-refractivity contribution in [1.82, 2.24) is 0 Å². The van der Waals surface area contributed by atoms with E-state index in [-0.39, 0.29) is 17.8 Å². The predicted octanol–water partition coefficient (Wildman–Crippen LogP) is 2.50. The van der Waals surface area contributed by atoms with E-state index in [9.17, 15) is 5.11 Å². The van der Waals surface area contributed by atoms with Crippen LogP contribution in [0.4, 0.5) is 0 Å². The molecule has 1 saturated carbocycles. The lowest BCUT2D eigenvalue weighted by Gasteiger charge is -2.29. The van der Waals surface area contributed by atoms with Gasteiger partial charge in [0.1, 0.15) is 6.10 Å². The Morgan fingerprint density at radius 1 is 1.41 bits per heavy atom. The van der Waals surface area contributed by atoms with Crippen LogP contribution in [0.2, 0.25) is 0 Å². The largest absolute Gasteiger partial charge is 0.388 e. The summed E-state index contributed by atoms with van der Waals surface area (Å²) >= 11 is 0. The molecule has 2 bridgehead atoms. The smallest absolute Gasteiger partial charge is 0.102 e. The summed E-state index contributed by atoms with van der Waals surface area (Å²) in [6.45, 7) is 4.11. The van der Waals surface area contributed by atoms with E-state index in [4.69, 9.17) is 4.74 Å². The lowest BCUT2D eigenvalue weighted by atomic mass is 9.83. The van der Waals surface area contributed by atoms with E-state index in [1.807, 2.05) is 0 Å². The first-order valence-electron chi connectivity index (χ1n) is 6.66. The third-order valence-electron chi connectivity index (χ3n) is 5.03. The van der Waals surface area contributed by atoms with Crippen LogP contribution in [0.3, 0.4) is 0 Å². The first kappa shape index (κ1) is 10.1. The summed E-state index contributed by atoms with van der Waals surface area (Å²) < 4.78 is 6.33. The molecule has 4 atom stereocenters. The Bertz CT molecular complexity index is 460. The molecule has 2 aliphatic carbocycles. The summed E-state index contributed by atoms with van der Waals surface area (Å²) in [5.74, 6) is 0.566. The average Bonchev–Trinajstić information content (AvgIpc) is 2.90. The van der Waals surface area contributed by atoms with Gasteiger partial charge in [-0.05, 0) is 48.3 Å². The zero-order chi connectivity index (χ0) is 11.6. The topological polar surface area (TPSA) is 29.5 Å². The normalized spacial score (nSPS) is 47.4. The molecular weight excluding hydrogens is 212 g/mol. The number of hydrogen-bond donors (Lipinski definition) is 1. The fraction of sp³-hybridized carbons (Fsp3) is 0.600. The van der Waals surface area contributed by atoms with E-state index >= 15 is 0 Å². The fourth-order valence-corrected chi connectivity index (χ4v) is 4.21. The van der Waals surface area contributed by atoms with E-state index in [2.05, 4.69) is 18.7 Å². The summed E-state index contributed by atoms with van der Waals surface area (Å²) in [7, 11) is 0. The lowest BCUT2D eigenvalue weighted by Crippen LogP contribution is -2.33. The molecule has 1 spiro atoms. The Hall–Kier alpha value is -0.860. The SMILES string of the molecule is C=C1C[C@H](O)C2=C1[C@H]1C=C[C@]3(CCC[C@H]3C2)O1. The van der Waals surface area contributed by atoms with Crippen molar-refractivity contribution in [2.45, 2.75) is 49.9 Å². The molecule has 0 aromatic heterocycles. The Kier molecular flexibility index (Phi) is 1.85. The highest BCUT2D eigenvalue weighted by atomic mass is 16.5. The highest BCUT2D eigenvalue weighted by molar-refractivity contribution is 5.50.